The van der Waals surface area contributed by atoms with Gasteiger partial charge in [-0.1, -0.05) is 6.07 Å². The molecule has 2 heterocycles. The Morgan fingerprint density at radius 1 is 1.10 bits per heavy atom. The van der Waals surface area contributed by atoms with Crippen molar-refractivity contribution in [3.8, 4) is 0 Å². The number of amides is 1. The van der Waals surface area contributed by atoms with Crippen LogP contribution in [0.5, 0.6) is 0 Å². The molecule has 0 radical (unpaired) electrons. The van der Waals surface area contributed by atoms with Crippen LogP contribution in [0.15, 0.2) is 29.2 Å². The number of hydrogen-bond acceptors (Lipinski definition) is 4. The molecule has 0 N–H and O–H groups in total. The van der Waals surface area contributed by atoms with Crippen LogP contribution in [0.25, 0.3) is 0 Å². The molecule has 0 aromatic heterocycles. The van der Waals surface area contributed by atoms with Crippen LogP contribution in [-0.4, -0.2) is 73.7 Å². The second kappa shape index (κ2) is 9.53. The molecule has 162 valence electrons. The topological polar surface area (TPSA) is 60.9 Å². The number of nitrogens with zero attached hydrogens (tertiary/aromatic N) is 3. The average Bonchev–Trinajstić information content (AvgIpc) is 2.72. The van der Waals surface area contributed by atoms with E-state index in [1.165, 1.54) is 22.5 Å². The van der Waals surface area contributed by atoms with Gasteiger partial charge in [0.2, 0.25) is 15.9 Å². The number of piperidine rings is 1. The monoisotopic (exact) mass is 425 g/mol. The van der Waals surface area contributed by atoms with Gasteiger partial charge in [0.05, 0.1) is 4.90 Å². The highest BCUT2D eigenvalue weighted by Gasteiger charge is 2.30. The lowest BCUT2D eigenvalue weighted by Gasteiger charge is -2.37. The molecule has 6 nitrogen and oxygen atoms in total. The first-order valence-corrected chi connectivity index (χ1v) is 12.0. The van der Waals surface area contributed by atoms with Gasteiger partial charge in [0.25, 0.3) is 0 Å². The third-order valence-corrected chi connectivity index (χ3v) is 8.07. The van der Waals surface area contributed by atoms with Crippen molar-refractivity contribution in [3.63, 3.8) is 0 Å². The van der Waals surface area contributed by atoms with Crippen molar-refractivity contribution in [3.05, 3.63) is 30.1 Å². The van der Waals surface area contributed by atoms with Crippen LogP contribution in [-0.2, 0) is 14.8 Å². The largest absolute Gasteiger partial charge is 0.340 e. The Morgan fingerprint density at radius 3 is 2.34 bits per heavy atom. The number of halogens is 1. The normalized spacial score (nSPS) is 20.3. The molecule has 2 aliphatic heterocycles. The molecule has 2 fully saturated rings. The number of carbonyl (C=O) groups is 1. The Balaban J connectivity index is 1.44. The predicted octanol–water partition coefficient (Wildman–Crippen LogP) is 2.56. The number of sulfonamides is 1. The molecular formula is C21H32FN3O3S. The van der Waals surface area contributed by atoms with Crippen molar-refractivity contribution in [1.82, 2.24) is 14.1 Å². The summed E-state index contributed by atoms with van der Waals surface area (Å²) in [5.41, 5.74) is 0. The first-order valence-electron chi connectivity index (χ1n) is 10.5. The zero-order valence-electron chi connectivity index (χ0n) is 17.4. The van der Waals surface area contributed by atoms with Crippen molar-refractivity contribution in [2.45, 2.75) is 50.5 Å². The summed E-state index contributed by atoms with van der Waals surface area (Å²) in [5, 5.41) is 0. The van der Waals surface area contributed by atoms with E-state index < -0.39 is 15.8 Å². The van der Waals surface area contributed by atoms with Crippen LogP contribution in [0.1, 0.15) is 39.5 Å². The second-order valence-corrected chi connectivity index (χ2v) is 10.3. The zero-order valence-corrected chi connectivity index (χ0v) is 18.2. The minimum absolute atomic E-state index is 0.00617. The van der Waals surface area contributed by atoms with Crippen molar-refractivity contribution in [1.29, 1.82) is 0 Å². The van der Waals surface area contributed by atoms with Gasteiger partial charge in [0.1, 0.15) is 5.82 Å². The number of hydrogen-bond donors (Lipinski definition) is 0. The van der Waals surface area contributed by atoms with Crippen molar-refractivity contribution in [2.75, 3.05) is 39.3 Å². The summed E-state index contributed by atoms with van der Waals surface area (Å²) in [6, 6.07) is 5.68. The summed E-state index contributed by atoms with van der Waals surface area (Å²) in [7, 11) is -3.66. The molecule has 0 aliphatic carbocycles. The van der Waals surface area contributed by atoms with Gasteiger partial charge in [-0.2, -0.15) is 4.31 Å². The summed E-state index contributed by atoms with van der Waals surface area (Å²) >= 11 is 0. The van der Waals surface area contributed by atoms with E-state index in [9.17, 15) is 17.6 Å². The second-order valence-electron chi connectivity index (χ2n) is 8.35. The number of benzene rings is 1. The van der Waals surface area contributed by atoms with E-state index in [1.54, 1.807) is 0 Å². The van der Waals surface area contributed by atoms with E-state index in [2.05, 4.69) is 18.7 Å². The molecule has 1 amide bonds. The lowest BCUT2D eigenvalue weighted by Crippen LogP contribution is -2.50. The minimum atomic E-state index is -3.66. The lowest BCUT2D eigenvalue weighted by atomic mass is 9.93. The number of rotatable bonds is 6. The highest BCUT2D eigenvalue weighted by atomic mass is 32.2. The third-order valence-electron chi connectivity index (χ3n) is 6.17. The highest BCUT2D eigenvalue weighted by Crippen LogP contribution is 2.27. The maximum absolute atomic E-state index is 13.4. The van der Waals surface area contributed by atoms with Crippen molar-refractivity contribution in [2.24, 2.45) is 5.92 Å². The Hall–Kier alpha value is -1.51. The minimum Gasteiger partial charge on any atom is -0.340 e. The highest BCUT2D eigenvalue weighted by molar-refractivity contribution is 7.89. The summed E-state index contributed by atoms with van der Waals surface area (Å²) in [5.74, 6) is 0.0202. The Bertz CT molecular complexity index is 799. The molecule has 3 rings (SSSR count). The Kier molecular flexibility index (Phi) is 7.29. The molecule has 0 bridgehead atoms. The van der Waals surface area contributed by atoms with E-state index in [0.717, 1.165) is 51.5 Å². The Morgan fingerprint density at radius 2 is 1.76 bits per heavy atom. The molecule has 0 spiro atoms. The zero-order chi connectivity index (χ0) is 21.0. The standard InChI is InChI=1S/C21H32FN3O3S/c1-17(2)23-12-14-24(15-13-23)21(26)7-6-18-8-10-25(11-9-18)29(27,28)20-5-3-4-19(22)16-20/h3-5,16-18H,6-15H2,1-2H3. The maximum atomic E-state index is 13.4. The molecule has 0 unspecified atom stereocenters. The van der Waals surface area contributed by atoms with Gasteiger partial charge in [-0.15, -0.1) is 0 Å². The van der Waals surface area contributed by atoms with Gasteiger partial charge in [-0.3, -0.25) is 9.69 Å². The lowest BCUT2D eigenvalue weighted by molar-refractivity contribution is -0.133. The van der Waals surface area contributed by atoms with Gasteiger partial charge in [0.15, 0.2) is 0 Å². The van der Waals surface area contributed by atoms with Crippen LogP contribution < -0.4 is 0 Å². The predicted molar refractivity (Wildman–Crippen MR) is 110 cm³/mol. The SMILES string of the molecule is CC(C)N1CCN(C(=O)CCC2CCN(S(=O)(=O)c3cccc(F)c3)CC2)CC1. The maximum Gasteiger partial charge on any atom is 0.243 e. The summed E-state index contributed by atoms with van der Waals surface area (Å²) in [4.78, 5) is 16.9. The van der Waals surface area contributed by atoms with Crippen LogP contribution >= 0.6 is 0 Å². The van der Waals surface area contributed by atoms with Gasteiger partial charge >= 0.3 is 0 Å². The molecular weight excluding hydrogens is 393 g/mol. The Labute approximate surface area is 173 Å². The summed E-state index contributed by atoms with van der Waals surface area (Å²) in [6.07, 6.45) is 2.81. The molecule has 1 aromatic carbocycles. The third kappa shape index (κ3) is 5.55. The summed E-state index contributed by atoms with van der Waals surface area (Å²) < 4.78 is 40.2. The fourth-order valence-corrected chi connectivity index (χ4v) is 5.69. The number of carbonyl (C=O) groups excluding carboxylic acids is 1. The average molecular weight is 426 g/mol. The fraction of sp³-hybridized carbons (Fsp3) is 0.667. The van der Waals surface area contributed by atoms with Gasteiger partial charge < -0.3 is 4.90 Å². The van der Waals surface area contributed by atoms with Gasteiger partial charge in [-0.25, -0.2) is 12.8 Å². The van der Waals surface area contributed by atoms with Crippen molar-refractivity contribution < 1.29 is 17.6 Å². The van der Waals surface area contributed by atoms with Crippen LogP contribution in [0.3, 0.4) is 0 Å². The van der Waals surface area contributed by atoms with Crippen LogP contribution in [0.2, 0.25) is 0 Å². The van der Waals surface area contributed by atoms with Crippen LogP contribution in [0.4, 0.5) is 4.39 Å². The quantitative estimate of drug-likeness (QED) is 0.703. The van der Waals surface area contributed by atoms with E-state index in [0.29, 0.717) is 31.5 Å². The summed E-state index contributed by atoms with van der Waals surface area (Å²) in [6.45, 7) is 8.65. The van der Waals surface area contributed by atoms with Gasteiger partial charge in [0, 0.05) is 51.7 Å². The molecule has 8 heteroatoms. The van der Waals surface area contributed by atoms with Crippen molar-refractivity contribution >= 4 is 15.9 Å². The van der Waals surface area contributed by atoms with Gasteiger partial charge in [-0.05, 0) is 57.2 Å². The molecule has 29 heavy (non-hydrogen) atoms. The molecule has 0 atom stereocenters. The smallest absolute Gasteiger partial charge is 0.243 e. The molecule has 2 aliphatic rings. The van der Waals surface area contributed by atoms with E-state index in [1.807, 2.05) is 4.90 Å². The number of piperazine rings is 1. The van der Waals surface area contributed by atoms with E-state index in [-0.39, 0.29) is 10.8 Å². The first-order chi connectivity index (χ1) is 13.8. The van der Waals surface area contributed by atoms with E-state index >= 15 is 0 Å². The molecule has 2 saturated heterocycles. The molecule has 1 aromatic rings. The first kappa shape index (κ1) is 22.2. The van der Waals surface area contributed by atoms with Crippen LogP contribution in [0, 0.1) is 11.7 Å². The van der Waals surface area contributed by atoms with E-state index in [4.69, 9.17) is 0 Å². The molecule has 0 saturated carbocycles. The fourth-order valence-electron chi connectivity index (χ4n) is 4.19.